The predicted molar refractivity (Wildman–Crippen MR) is 109 cm³/mol. The Labute approximate surface area is 159 Å². The van der Waals surface area contributed by atoms with Gasteiger partial charge in [-0.1, -0.05) is 49.6 Å². The van der Waals surface area contributed by atoms with E-state index in [4.69, 9.17) is 0 Å². The van der Waals surface area contributed by atoms with Crippen molar-refractivity contribution in [1.82, 2.24) is 5.32 Å². The third-order valence-electron chi connectivity index (χ3n) is 3.89. The van der Waals surface area contributed by atoms with Gasteiger partial charge in [0.1, 0.15) is 0 Å². The van der Waals surface area contributed by atoms with Gasteiger partial charge in [0.15, 0.2) is 0 Å². The fourth-order valence-electron chi connectivity index (χ4n) is 2.43. The van der Waals surface area contributed by atoms with Gasteiger partial charge in [-0.05, 0) is 37.6 Å². The Bertz CT molecular complexity index is 729. The van der Waals surface area contributed by atoms with Crippen molar-refractivity contribution in [2.45, 2.75) is 38.0 Å². The van der Waals surface area contributed by atoms with Crippen LogP contribution in [0, 0.1) is 6.92 Å². The zero-order valence-corrected chi connectivity index (χ0v) is 16.2. The zero-order valence-electron chi connectivity index (χ0n) is 15.4. The van der Waals surface area contributed by atoms with E-state index < -0.39 is 0 Å². The number of thioether (sulfide) groups is 1. The molecule has 0 radical (unpaired) electrons. The number of nitrogens with one attached hydrogen (secondary N) is 2. The van der Waals surface area contributed by atoms with Crippen LogP contribution in [0.3, 0.4) is 0 Å². The van der Waals surface area contributed by atoms with Crippen molar-refractivity contribution in [3.8, 4) is 0 Å². The minimum Gasteiger partial charge on any atom is -0.352 e. The average Bonchev–Trinajstić information content (AvgIpc) is 2.65. The Hall–Kier alpha value is -2.27. The summed E-state index contributed by atoms with van der Waals surface area (Å²) >= 11 is 1.38. The van der Waals surface area contributed by atoms with Gasteiger partial charge in [0.2, 0.25) is 5.91 Å². The van der Waals surface area contributed by atoms with Gasteiger partial charge in [-0.3, -0.25) is 9.59 Å². The van der Waals surface area contributed by atoms with Gasteiger partial charge in [0, 0.05) is 17.1 Å². The van der Waals surface area contributed by atoms with E-state index in [1.54, 1.807) is 6.07 Å². The maximum absolute atomic E-state index is 12.4. The molecule has 0 spiro atoms. The van der Waals surface area contributed by atoms with Gasteiger partial charge in [-0.2, -0.15) is 0 Å². The predicted octanol–water partition coefficient (Wildman–Crippen LogP) is 4.65. The fourth-order valence-corrected chi connectivity index (χ4v) is 3.28. The van der Waals surface area contributed by atoms with Gasteiger partial charge in [-0.25, -0.2) is 0 Å². The monoisotopic (exact) mass is 370 g/mol. The van der Waals surface area contributed by atoms with E-state index in [0.29, 0.717) is 12.1 Å². The second-order valence-electron chi connectivity index (χ2n) is 6.16. The summed E-state index contributed by atoms with van der Waals surface area (Å²) in [6.45, 7) is 4.82. The molecular weight excluding hydrogens is 344 g/mol. The lowest BCUT2D eigenvalue weighted by Crippen LogP contribution is -2.25. The molecule has 0 aliphatic heterocycles. The molecule has 0 saturated heterocycles. The maximum atomic E-state index is 12.4. The van der Waals surface area contributed by atoms with Crippen molar-refractivity contribution in [2.75, 3.05) is 17.6 Å². The van der Waals surface area contributed by atoms with Crippen LogP contribution in [-0.4, -0.2) is 24.1 Å². The van der Waals surface area contributed by atoms with Gasteiger partial charge in [0.25, 0.3) is 5.91 Å². The van der Waals surface area contributed by atoms with E-state index in [-0.39, 0.29) is 17.6 Å². The molecule has 0 atom stereocenters. The summed E-state index contributed by atoms with van der Waals surface area (Å²) in [5, 5.41) is 5.83. The van der Waals surface area contributed by atoms with Crippen molar-refractivity contribution in [3.63, 3.8) is 0 Å². The molecule has 0 aliphatic carbocycles. The number of carbonyl (C=O) groups excluding carboxylic acids is 2. The largest absolute Gasteiger partial charge is 0.352 e. The average molecular weight is 371 g/mol. The SMILES string of the molecule is CCCCCNC(=O)c1ccccc1SCC(=O)Nc1ccc(C)cc1. The van der Waals surface area contributed by atoms with Crippen LogP contribution in [0.15, 0.2) is 53.4 Å². The molecule has 0 aliphatic rings. The number of anilines is 1. The van der Waals surface area contributed by atoms with Gasteiger partial charge < -0.3 is 10.6 Å². The highest BCUT2D eigenvalue weighted by Gasteiger charge is 2.12. The van der Waals surface area contributed by atoms with Crippen molar-refractivity contribution < 1.29 is 9.59 Å². The summed E-state index contributed by atoms with van der Waals surface area (Å²) < 4.78 is 0. The van der Waals surface area contributed by atoms with Crippen molar-refractivity contribution in [3.05, 3.63) is 59.7 Å². The summed E-state index contributed by atoms with van der Waals surface area (Å²) in [4.78, 5) is 25.4. The minimum atomic E-state index is -0.0861. The molecule has 2 rings (SSSR count). The molecule has 2 aromatic rings. The standard InChI is InChI=1S/C21H26N2O2S/c1-3-4-7-14-22-21(25)18-8-5-6-9-19(18)26-15-20(24)23-17-12-10-16(2)11-13-17/h5-6,8-13H,3-4,7,14-15H2,1-2H3,(H,22,25)(H,23,24). The third-order valence-corrected chi connectivity index (χ3v) is 4.97. The molecule has 2 aromatic carbocycles. The number of hydrogen-bond acceptors (Lipinski definition) is 3. The van der Waals surface area contributed by atoms with Crippen LogP contribution >= 0.6 is 11.8 Å². The molecule has 0 aromatic heterocycles. The summed E-state index contributed by atoms with van der Waals surface area (Å²) in [6, 6.07) is 15.1. The third kappa shape index (κ3) is 6.56. The molecule has 5 heteroatoms. The molecule has 4 nitrogen and oxygen atoms in total. The zero-order chi connectivity index (χ0) is 18.8. The molecule has 0 bridgehead atoms. The summed E-state index contributed by atoms with van der Waals surface area (Å²) in [5.74, 6) is 0.0914. The Morgan fingerprint density at radius 2 is 1.73 bits per heavy atom. The van der Waals surface area contributed by atoms with Crippen LogP contribution in [0.25, 0.3) is 0 Å². The lowest BCUT2D eigenvalue weighted by atomic mass is 10.2. The lowest BCUT2D eigenvalue weighted by molar-refractivity contribution is -0.113. The van der Waals surface area contributed by atoms with E-state index in [1.165, 1.54) is 11.8 Å². The first-order valence-electron chi connectivity index (χ1n) is 8.96. The van der Waals surface area contributed by atoms with Crippen molar-refractivity contribution in [1.29, 1.82) is 0 Å². The Morgan fingerprint density at radius 1 is 1.00 bits per heavy atom. The number of benzene rings is 2. The van der Waals surface area contributed by atoms with Crippen LogP contribution in [0.4, 0.5) is 5.69 Å². The van der Waals surface area contributed by atoms with Crippen LogP contribution in [0.1, 0.15) is 42.1 Å². The number of amides is 2. The molecule has 0 saturated carbocycles. The number of carbonyl (C=O) groups is 2. The summed E-state index contributed by atoms with van der Waals surface area (Å²) in [6.07, 6.45) is 3.21. The Kier molecular flexibility index (Phi) is 8.22. The van der Waals surface area contributed by atoms with E-state index in [9.17, 15) is 9.59 Å². The Balaban J connectivity index is 1.89. The molecule has 2 N–H and O–H groups in total. The first kappa shape index (κ1) is 20.0. The molecular formula is C21H26N2O2S. The van der Waals surface area contributed by atoms with Gasteiger partial charge >= 0.3 is 0 Å². The van der Waals surface area contributed by atoms with Crippen LogP contribution < -0.4 is 10.6 Å². The van der Waals surface area contributed by atoms with Crippen molar-refractivity contribution in [2.24, 2.45) is 0 Å². The number of aryl methyl sites for hydroxylation is 1. The van der Waals surface area contributed by atoms with E-state index in [0.717, 1.165) is 35.4 Å². The highest BCUT2D eigenvalue weighted by atomic mass is 32.2. The second kappa shape index (κ2) is 10.7. The number of unbranched alkanes of at least 4 members (excludes halogenated alkanes) is 2. The highest BCUT2D eigenvalue weighted by Crippen LogP contribution is 2.23. The molecule has 0 heterocycles. The van der Waals surface area contributed by atoms with Crippen molar-refractivity contribution >= 4 is 29.3 Å². The van der Waals surface area contributed by atoms with E-state index >= 15 is 0 Å². The lowest BCUT2D eigenvalue weighted by Gasteiger charge is -2.10. The second-order valence-corrected chi connectivity index (χ2v) is 7.18. The first-order valence-corrected chi connectivity index (χ1v) is 9.95. The molecule has 0 unspecified atom stereocenters. The van der Waals surface area contributed by atoms with Gasteiger partial charge in [0.05, 0.1) is 11.3 Å². The highest BCUT2D eigenvalue weighted by molar-refractivity contribution is 8.00. The normalized spacial score (nSPS) is 10.4. The molecule has 26 heavy (non-hydrogen) atoms. The fraction of sp³-hybridized carbons (Fsp3) is 0.333. The minimum absolute atomic E-state index is 0.0804. The van der Waals surface area contributed by atoms with Crippen LogP contribution in [0.5, 0.6) is 0 Å². The smallest absolute Gasteiger partial charge is 0.252 e. The van der Waals surface area contributed by atoms with E-state index in [1.807, 2.05) is 49.4 Å². The Morgan fingerprint density at radius 3 is 2.46 bits per heavy atom. The van der Waals surface area contributed by atoms with E-state index in [2.05, 4.69) is 17.6 Å². The summed E-state index contributed by atoms with van der Waals surface area (Å²) in [5.41, 5.74) is 2.55. The van der Waals surface area contributed by atoms with Crippen LogP contribution in [-0.2, 0) is 4.79 Å². The molecule has 138 valence electrons. The van der Waals surface area contributed by atoms with Crippen LogP contribution in [0.2, 0.25) is 0 Å². The van der Waals surface area contributed by atoms with Gasteiger partial charge in [-0.15, -0.1) is 11.8 Å². The number of rotatable bonds is 9. The number of hydrogen-bond donors (Lipinski definition) is 2. The molecule has 2 amide bonds. The first-order chi connectivity index (χ1) is 12.6. The quantitative estimate of drug-likeness (QED) is 0.499. The summed E-state index contributed by atoms with van der Waals surface area (Å²) in [7, 11) is 0. The maximum Gasteiger partial charge on any atom is 0.252 e. The topological polar surface area (TPSA) is 58.2 Å². The molecule has 0 fully saturated rings.